The molecule has 0 N–H and O–H groups in total. The van der Waals surface area contributed by atoms with Crippen LogP contribution in [0.2, 0.25) is 13.3 Å². The van der Waals surface area contributed by atoms with Crippen molar-refractivity contribution in [3.8, 4) is 5.69 Å². The third-order valence-corrected chi connectivity index (χ3v) is 20.5. The number of hydrogen-bond donors (Lipinski definition) is 0. The van der Waals surface area contributed by atoms with E-state index < -0.39 is 18.4 Å². The Morgan fingerprint density at radius 1 is 0.840 bits per heavy atom. The monoisotopic (exact) mass is 448 g/mol. The molecule has 2 nitrogen and oxygen atoms in total. The second-order valence-electron chi connectivity index (χ2n) is 7.47. The summed E-state index contributed by atoms with van der Waals surface area (Å²) in [6.45, 7) is 9.19. The fraction of sp³-hybridized carbons (Fsp3) is 0.591. The maximum absolute atomic E-state index is 5.17. The van der Waals surface area contributed by atoms with Crippen LogP contribution in [0.15, 0.2) is 36.5 Å². The van der Waals surface area contributed by atoms with Crippen LogP contribution < -0.4 is 3.71 Å². The van der Waals surface area contributed by atoms with Crippen LogP contribution in [0.1, 0.15) is 65.1 Å². The van der Waals surface area contributed by atoms with Crippen molar-refractivity contribution in [3.63, 3.8) is 0 Å². The van der Waals surface area contributed by atoms with Crippen molar-refractivity contribution in [3.05, 3.63) is 42.4 Å². The first-order chi connectivity index (χ1) is 12.2. The normalized spacial score (nSPS) is 11.8. The van der Waals surface area contributed by atoms with Crippen LogP contribution in [0.3, 0.4) is 0 Å². The van der Waals surface area contributed by atoms with Gasteiger partial charge >= 0.3 is 159 Å². The van der Waals surface area contributed by atoms with Gasteiger partial charge in [0.15, 0.2) is 0 Å². The van der Waals surface area contributed by atoms with Gasteiger partial charge in [0, 0.05) is 0 Å². The molecule has 0 atom stereocenters. The van der Waals surface area contributed by atoms with E-state index in [0.29, 0.717) is 0 Å². The van der Waals surface area contributed by atoms with E-state index in [4.69, 9.17) is 4.98 Å². The second-order valence-corrected chi connectivity index (χ2v) is 20.5. The van der Waals surface area contributed by atoms with Gasteiger partial charge in [-0.15, -0.1) is 0 Å². The zero-order chi connectivity index (χ0) is 18.1. The molecule has 2 aromatic rings. The van der Waals surface area contributed by atoms with Crippen molar-refractivity contribution >= 4 is 22.1 Å². The number of hydrogen-bond acceptors (Lipinski definition) is 1. The molecule has 3 heteroatoms. The zero-order valence-corrected chi connectivity index (χ0v) is 19.6. The van der Waals surface area contributed by atoms with Crippen molar-refractivity contribution in [2.75, 3.05) is 0 Å². The molecule has 0 unspecified atom stereocenters. The average Bonchev–Trinajstić information content (AvgIpc) is 3.04. The van der Waals surface area contributed by atoms with Crippen LogP contribution in [0.5, 0.6) is 0 Å². The number of unbranched alkanes of at least 4 members (excludes halogenated alkanes) is 3. The van der Waals surface area contributed by atoms with Gasteiger partial charge in [-0.25, -0.2) is 0 Å². The van der Waals surface area contributed by atoms with E-state index in [0.717, 1.165) is 5.82 Å². The fourth-order valence-electron chi connectivity index (χ4n) is 3.88. The number of aromatic nitrogens is 2. The third-order valence-electron chi connectivity index (χ3n) is 5.49. The Bertz CT molecular complexity index is 596. The Morgan fingerprint density at radius 3 is 1.84 bits per heavy atom. The third kappa shape index (κ3) is 5.35. The average molecular weight is 447 g/mol. The summed E-state index contributed by atoms with van der Waals surface area (Å²) in [5.74, 6) is 1.16. The predicted octanol–water partition coefficient (Wildman–Crippen LogP) is 6.24. The number of aryl methyl sites for hydroxylation is 1. The Balaban J connectivity index is 2.41. The van der Waals surface area contributed by atoms with E-state index in [1.54, 1.807) is 0 Å². The summed E-state index contributed by atoms with van der Waals surface area (Å²) in [4.78, 5) is 5.17. The summed E-state index contributed by atoms with van der Waals surface area (Å²) < 4.78 is 8.31. The number of benzene rings is 1. The quantitative estimate of drug-likeness (QED) is 0.373. The Hall–Kier alpha value is -0.771. The SMILES string of the molecule is CCC[CH2][Sn]([CH2]CCC)([CH2]CCC)[c]1cn(-c2ccccc2)c(C)n1. The molecule has 1 heterocycles. The molecule has 0 saturated carbocycles. The summed E-state index contributed by atoms with van der Waals surface area (Å²) in [5, 5.41) is 0. The van der Waals surface area contributed by atoms with Crippen LogP contribution in [0.25, 0.3) is 5.69 Å². The molecule has 0 radical (unpaired) electrons. The molecular formula is C22H36N2Sn. The second kappa shape index (κ2) is 10.4. The van der Waals surface area contributed by atoms with Crippen LogP contribution in [0, 0.1) is 6.92 Å². The van der Waals surface area contributed by atoms with Crippen LogP contribution in [-0.2, 0) is 0 Å². The van der Waals surface area contributed by atoms with Crippen molar-refractivity contribution in [2.24, 2.45) is 0 Å². The first kappa shape index (κ1) is 20.5. The van der Waals surface area contributed by atoms with Gasteiger partial charge in [0.25, 0.3) is 0 Å². The molecule has 0 aliphatic carbocycles. The molecule has 2 rings (SSSR count). The summed E-state index contributed by atoms with van der Waals surface area (Å²) in [5.41, 5.74) is 1.25. The molecule has 1 aromatic heterocycles. The van der Waals surface area contributed by atoms with Crippen molar-refractivity contribution < 1.29 is 0 Å². The van der Waals surface area contributed by atoms with Crippen LogP contribution in [-0.4, -0.2) is 27.9 Å². The molecule has 0 amide bonds. The van der Waals surface area contributed by atoms with Crippen LogP contribution >= 0.6 is 0 Å². The molecule has 0 spiro atoms. The molecule has 1 aromatic carbocycles. The Labute approximate surface area is 158 Å². The van der Waals surface area contributed by atoms with E-state index in [2.05, 4.69) is 68.8 Å². The molecule has 0 saturated heterocycles. The molecular weight excluding hydrogens is 411 g/mol. The minimum absolute atomic E-state index is 1.16. The van der Waals surface area contributed by atoms with Gasteiger partial charge in [-0.2, -0.15) is 0 Å². The van der Waals surface area contributed by atoms with Crippen molar-refractivity contribution in [1.29, 1.82) is 0 Å². The predicted molar refractivity (Wildman–Crippen MR) is 113 cm³/mol. The van der Waals surface area contributed by atoms with Crippen molar-refractivity contribution in [1.82, 2.24) is 9.55 Å². The number of imidazole rings is 1. The number of para-hydroxylation sites is 1. The van der Waals surface area contributed by atoms with Gasteiger partial charge in [-0.05, 0) is 0 Å². The van der Waals surface area contributed by atoms with E-state index in [-0.39, 0.29) is 0 Å². The molecule has 138 valence electrons. The van der Waals surface area contributed by atoms with E-state index >= 15 is 0 Å². The van der Waals surface area contributed by atoms with Gasteiger partial charge < -0.3 is 0 Å². The molecule has 0 aliphatic rings. The van der Waals surface area contributed by atoms with E-state index in [1.807, 2.05) is 0 Å². The summed E-state index contributed by atoms with van der Waals surface area (Å²) in [7, 11) is 0. The molecule has 25 heavy (non-hydrogen) atoms. The topological polar surface area (TPSA) is 17.8 Å². The van der Waals surface area contributed by atoms with Gasteiger partial charge in [-0.3, -0.25) is 0 Å². The molecule has 0 aliphatic heterocycles. The van der Waals surface area contributed by atoms with Crippen LogP contribution in [0.4, 0.5) is 0 Å². The van der Waals surface area contributed by atoms with E-state index in [9.17, 15) is 0 Å². The van der Waals surface area contributed by atoms with Gasteiger partial charge in [0.1, 0.15) is 0 Å². The van der Waals surface area contributed by atoms with Crippen molar-refractivity contribution in [2.45, 2.75) is 79.5 Å². The number of rotatable bonds is 11. The summed E-state index contributed by atoms with van der Waals surface area (Å²) >= 11 is -2.41. The fourth-order valence-corrected chi connectivity index (χ4v) is 19.3. The van der Waals surface area contributed by atoms with Gasteiger partial charge in [-0.1, -0.05) is 0 Å². The summed E-state index contributed by atoms with van der Waals surface area (Å²) in [6, 6.07) is 10.7. The molecule has 0 fully saturated rings. The van der Waals surface area contributed by atoms with Gasteiger partial charge in [0.2, 0.25) is 0 Å². The summed E-state index contributed by atoms with van der Waals surface area (Å²) in [6.07, 6.45) is 10.5. The van der Waals surface area contributed by atoms with Gasteiger partial charge in [0.05, 0.1) is 0 Å². The minimum atomic E-state index is -2.41. The Kier molecular flexibility index (Phi) is 8.54. The Morgan fingerprint density at radius 2 is 1.36 bits per heavy atom. The van der Waals surface area contributed by atoms with E-state index in [1.165, 1.54) is 61.2 Å². The number of nitrogens with zero attached hydrogens (tertiary/aromatic N) is 2. The first-order valence-electron chi connectivity index (χ1n) is 10.3. The zero-order valence-electron chi connectivity index (χ0n) is 16.7. The maximum atomic E-state index is 5.17. The molecule has 0 bridgehead atoms. The standard InChI is InChI=1S/C10H9N2.3C4H9.Sn/c1-9-11-7-8-12(9)10-5-3-2-4-6-10;3*1-3-4-2;/h2-6,8H,1H3;3*1,3-4H2,2H3;. The first-order valence-corrected chi connectivity index (χ1v) is 17.8.